The van der Waals surface area contributed by atoms with Crippen LogP contribution in [-0.4, -0.2) is 22.9 Å². The topological polar surface area (TPSA) is 53.4 Å². The van der Waals surface area contributed by atoms with E-state index in [2.05, 4.69) is 9.84 Å². The molecule has 21 heavy (non-hydrogen) atoms. The second-order valence-electron chi connectivity index (χ2n) is 4.28. The number of halogens is 2. The molecule has 0 spiro atoms. The predicted molar refractivity (Wildman–Crippen MR) is 70.3 cm³/mol. The number of hydrogen-bond acceptors (Lipinski definition) is 4. The molecule has 0 aliphatic heterocycles. The summed E-state index contributed by atoms with van der Waals surface area (Å²) < 4.78 is 37.7. The van der Waals surface area contributed by atoms with Crippen molar-refractivity contribution in [3.05, 3.63) is 47.2 Å². The Morgan fingerprint density at radius 1 is 1.38 bits per heavy atom. The molecule has 7 heteroatoms. The van der Waals surface area contributed by atoms with Gasteiger partial charge in [-0.2, -0.15) is 0 Å². The molecule has 0 saturated carbocycles. The number of benzene rings is 1. The van der Waals surface area contributed by atoms with E-state index in [9.17, 15) is 13.6 Å². The highest BCUT2D eigenvalue weighted by molar-refractivity contribution is 5.91. The average Bonchev–Trinajstić information content (AvgIpc) is 2.89. The Balaban J connectivity index is 2.32. The zero-order valence-electron chi connectivity index (χ0n) is 11.5. The number of esters is 1. The van der Waals surface area contributed by atoms with Crippen molar-refractivity contribution in [2.75, 3.05) is 7.11 Å². The lowest BCUT2D eigenvalue weighted by Crippen LogP contribution is -2.11. The Morgan fingerprint density at radius 2 is 2.14 bits per heavy atom. The number of ether oxygens (including phenoxy) is 2. The number of alkyl halides is 2. The molecule has 0 saturated heterocycles. The first-order chi connectivity index (χ1) is 10.0. The van der Waals surface area contributed by atoms with Gasteiger partial charge in [0.25, 0.3) is 6.43 Å². The highest BCUT2D eigenvalue weighted by atomic mass is 19.3. The highest BCUT2D eigenvalue weighted by Crippen LogP contribution is 2.27. The van der Waals surface area contributed by atoms with Crippen LogP contribution in [0.2, 0.25) is 0 Å². The zero-order chi connectivity index (χ0) is 15.4. The van der Waals surface area contributed by atoms with Gasteiger partial charge in [0, 0.05) is 30.4 Å². The molecular weight excluding hydrogens is 282 g/mol. The molecule has 0 radical (unpaired) electrons. The van der Waals surface area contributed by atoms with Gasteiger partial charge in [-0.25, -0.2) is 13.6 Å². The smallest absolute Gasteiger partial charge is 0.338 e. The van der Waals surface area contributed by atoms with Crippen molar-refractivity contribution in [3.63, 3.8) is 0 Å². The van der Waals surface area contributed by atoms with E-state index in [4.69, 9.17) is 4.74 Å². The monoisotopic (exact) mass is 296 g/mol. The van der Waals surface area contributed by atoms with E-state index >= 15 is 0 Å². The molecule has 0 bridgehead atoms. The molecule has 0 aliphatic carbocycles. The van der Waals surface area contributed by atoms with Gasteiger partial charge >= 0.3 is 5.97 Å². The van der Waals surface area contributed by atoms with Crippen molar-refractivity contribution in [1.82, 2.24) is 9.78 Å². The van der Waals surface area contributed by atoms with Crippen LogP contribution in [0.4, 0.5) is 8.78 Å². The molecule has 0 fully saturated rings. The molecule has 5 nitrogen and oxygen atoms in total. The lowest BCUT2D eigenvalue weighted by molar-refractivity contribution is 0.0596. The molecule has 0 N–H and O–H groups in total. The van der Waals surface area contributed by atoms with E-state index in [1.54, 1.807) is 19.3 Å². The Bertz CT molecular complexity index is 641. The fourth-order valence-corrected chi connectivity index (χ4v) is 1.89. The number of rotatable bonds is 5. The van der Waals surface area contributed by atoms with Crippen molar-refractivity contribution in [2.45, 2.75) is 13.0 Å². The molecule has 0 aliphatic rings. The third-order valence-corrected chi connectivity index (χ3v) is 2.91. The summed E-state index contributed by atoms with van der Waals surface area (Å²) in [6.45, 7) is -0.193. The number of carbonyl (C=O) groups is 1. The minimum absolute atomic E-state index is 0.0613. The van der Waals surface area contributed by atoms with Crippen LogP contribution in [0.1, 0.15) is 27.9 Å². The number of aromatic nitrogens is 2. The lowest BCUT2D eigenvalue weighted by Gasteiger charge is -2.13. The maximum absolute atomic E-state index is 13.1. The van der Waals surface area contributed by atoms with Gasteiger partial charge in [0.1, 0.15) is 6.61 Å². The number of nitrogens with zero attached hydrogens (tertiary/aromatic N) is 2. The van der Waals surface area contributed by atoms with E-state index in [1.165, 1.54) is 30.0 Å². The number of aryl methyl sites for hydroxylation is 1. The van der Waals surface area contributed by atoms with Gasteiger partial charge in [0.15, 0.2) is 0 Å². The van der Waals surface area contributed by atoms with E-state index in [0.29, 0.717) is 0 Å². The fourth-order valence-electron chi connectivity index (χ4n) is 1.89. The van der Waals surface area contributed by atoms with Crippen molar-refractivity contribution in [2.24, 2.45) is 7.05 Å². The highest BCUT2D eigenvalue weighted by Gasteiger charge is 2.21. The SMILES string of the molecule is COC(=O)c1cccc(C(F)F)c1COc1ccn(C)n1. The van der Waals surface area contributed by atoms with Crippen molar-refractivity contribution < 1.29 is 23.0 Å². The first-order valence-corrected chi connectivity index (χ1v) is 6.13. The Morgan fingerprint density at radius 3 is 2.71 bits per heavy atom. The summed E-state index contributed by atoms with van der Waals surface area (Å²) in [6, 6.07) is 5.67. The molecule has 0 amide bonds. The van der Waals surface area contributed by atoms with Gasteiger partial charge in [-0.3, -0.25) is 4.68 Å². The zero-order valence-corrected chi connectivity index (χ0v) is 11.5. The van der Waals surface area contributed by atoms with Crippen molar-refractivity contribution in [1.29, 1.82) is 0 Å². The fraction of sp³-hybridized carbons (Fsp3) is 0.286. The van der Waals surface area contributed by atoms with Gasteiger partial charge in [0.2, 0.25) is 5.88 Å². The van der Waals surface area contributed by atoms with Crippen LogP contribution < -0.4 is 4.74 Å². The molecule has 0 atom stereocenters. The normalized spacial score (nSPS) is 10.7. The third kappa shape index (κ3) is 3.36. The lowest BCUT2D eigenvalue weighted by atomic mass is 10.0. The molecule has 2 aromatic rings. The summed E-state index contributed by atoms with van der Waals surface area (Å²) >= 11 is 0. The summed E-state index contributed by atoms with van der Waals surface area (Å²) in [6.07, 6.45) is -1.05. The van der Waals surface area contributed by atoms with E-state index in [-0.39, 0.29) is 29.2 Å². The molecule has 1 heterocycles. The molecule has 1 aromatic carbocycles. The minimum Gasteiger partial charge on any atom is -0.472 e. The third-order valence-electron chi connectivity index (χ3n) is 2.91. The van der Waals surface area contributed by atoms with Crippen LogP contribution in [-0.2, 0) is 18.4 Å². The van der Waals surface area contributed by atoms with Crippen LogP contribution >= 0.6 is 0 Å². The quantitative estimate of drug-likeness (QED) is 0.796. The summed E-state index contributed by atoms with van der Waals surface area (Å²) in [7, 11) is 2.90. The Hall–Kier alpha value is -2.44. The second-order valence-corrected chi connectivity index (χ2v) is 4.28. The van der Waals surface area contributed by atoms with Crippen LogP contribution in [0, 0.1) is 0 Å². The van der Waals surface area contributed by atoms with Gasteiger partial charge < -0.3 is 9.47 Å². The molecule has 1 aromatic heterocycles. The molecule has 112 valence electrons. The Labute approximate surface area is 120 Å². The maximum atomic E-state index is 13.1. The number of methoxy groups -OCH3 is 1. The van der Waals surface area contributed by atoms with E-state index in [0.717, 1.165) is 0 Å². The van der Waals surface area contributed by atoms with Gasteiger partial charge in [0.05, 0.1) is 12.7 Å². The minimum atomic E-state index is -2.71. The maximum Gasteiger partial charge on any atom is 0.338 e. The Kier molecular flexibility index (Phi) is 4.52. The second kappa shape index (κ2) is 6.34. The van der Waals surface area contributed by atoms with Crippen LogP contribution in [0.25, 0.3) is 0 Å². The van der Waals surface area contributed by atoms with Crippen LogP contribution in [0.5, 0.6) is 5.88 Å². The van der Waals surface area contributed by atoms with E-state index < -0.39 is 12.4 Å². The summed E-state index contributed by atoms with van der Waals surface area (Å²) in [5, 5.41) is 3.99. The summed E-state index contributed by atoms with van der Waals surface area (Å²) in [5.74, 6) is -0.394. The number of carbonyl (C=O) groups excluding carboxylic acids is 1. The van der Waals surface area contributed by atoms with Gasteiger partial charge in [-0.1, -0.05) is 12.1 Å². The predicted octanol–water partition coefficient (Wildman–Crippen LogP) is 2.72. The summed E-state index contributed by atoms with van der Waals surface area (Å²) in [5.41, 5.74) is -0.0925. The first-order valence-electron chi connectivity index (χ1n) is 6.13. The van der Waals surface area contributed by atoms with Crippen molar-refractivity contribution >= 4 is 5.97 Å². The average molecular weight is 296 g/mol. The molecule has 0 unspecified atom stereocenters. The largest absolute Gasteiger partial charge is 0.472 e. The molecule has 2 rings (SSSR count). The van der Waals surface area contributed by atoms with Gasteiger partial charge in [-0.15, -0.1) is 5.10 Å². The van der Waals surface area contributed by atoms with E-state index in [1.807, 2.05) is 0 Å². The standard InChI is InChI=1S/C14H14F2N2O3/c1-18-7-6-12(17-18)21-8-11-9(13(15)16)4-3-5-10(11)14(19)20-2/h3-7,13H,8H2,1-2H3. The first kappa shape index (κ1) is 15.0. The van der Waals surface area contributed by atoms with Crippen LogP contribution in [0.3, 0.4) is 0 Å². The van der Waals surface area contributed by atoms with Crippen molar-refractivity contribution in [3.8, 4) is 5.88 Å². The van der Waals surface area contributed by atoms with Crippen LogP contribution in [0.15, 0.2) is 30.5 Å². The number of hydrogen-bond donors (Lipinski definition) is 0. The van der Waals surface area contributed by atoms with Gasteiger partial charge in [-0.05, 0) is 6.07 Å². The molecular formula is C14H14F2N2O3. The summed E-state index contributed by atoms with van der Waals surface area (Å²) in [4.78, 5) is 11.7.